The van der Waals surface area contributed by atoms with Crippen LogP contribution in [0.4, 0.5) is 0 Å². The highest BCUT2D eigenvalue weighted by atomic mass is 16.7. The molecule has 12 unspecified atom stereocenters. The van der Waals surface area contributed by atoms with Gasteiger partial charge in [0.1, 0.15) is 48.8 Å². The fourth-order valence-corrected chi connectivity index (χ4v) is 11.8. The highest BCUT2D eigenvalue weighted by Crippen LogP contribution is 2.30. The predicted molar refractivity (Wildman–Crippen MR) is 323 cm³/mol. The summed E-state index contributed by atoms with van der Waals surface area (Å²) in [7, 11) is 0. The number of hydrogen-bond acceptors (Lipinski definition) is 13. The second-order valence-electron chi connectivity index (χ2n) is 24.7. The molecule has 0 bridgehead atoms. The number of hydrogen-bond donors (Lipinski definition) is 9. The summed E-state index contributed by atoms with van der Waals surface area (Å²) >= 11 is 0. The van der Waals surface area contributed by atoms with E-state index < -0.39 is 86.8 Å². The molecule has 2 fully saturated rings. The lowest BCUT2D eigenvalue weighted by atomic mass is 9.97. The van der Waals surface area contributed by atoms with Crippen LogP contribution in [0.15, 0.2) is 0 Å². The monoisotopic (exact) mass is 1140 g/mol. The zero-order valence-corrected chi connectivity index (χ0v) is 51.6. The van der Waals surface area contributed by atoms with Crippen molar-refractivity contribution >= 4 is 5.91 Å². The van der Waals surface area contributed by atoms with Crippen molar-refractivity contribution < 1.29 is 64.6 Å². The number of aliphatic hydroxyl groups excluding tert-OH is 8. The van der Waals surface area contributed by atoms with Crippen molar-refractivity contribution in [2.45, 2.75) is 396 Å². The standard InChI is InChI=1S/C66H129NO13/c1-3-5-7-9-11-13-15-17-19-21-23-25-27-29-31-33-35-37-39-41-43-45-47-49-55(70)54(53-77-65-63(76)61(74)64(57(52-69)79-65)80-66-62(75)60(73)59(72)56(51-68)78-66)67-58(71)50-48-46-44-42-40-38-36-34-32-30-28-26-24-22-20-18-16-14-12-10-8-6-4-2/h54-57,59-66,68-70,72-76H,3-53H2,1-2H3,(H,67,71). The fourth-order valence-electron chi connectivity index (χ4n) is 11.8. The van der Waals surface area contributed by atoms with Gasteiger partial charge in [-0.3, -0.25) is 4.79 Å². The Bertz CT molecular complexity index is 1350. The average molecular weight is 1140 g/mol. The van der Waals surface area contributed by atoms with Crippen LogP contribution >= 0.6 is 0 Å². The van der Waals surface area contributed by atoms with E-state index in [1.807, 2.05) is 0 Å². The van der Waals surface area contributed by atoms with Crippen molar-refractivity contribution in [1.29, 1.82) is 0 Å². The Morgan fingerprint density at radius 1 is 0.400 bits per heavy atom. The third kappa shape index (κ3) is 36.7. The molecular weight excluding hydrogens is 1010 g/mol. The molecular formula is C66H129NO13. The fraction of sp³-hybridized carbons (Fsp3) is 0.985. The molecule has 80 heavy (non-hydrogen) atoms. The molecule has 0 radical (unpaired) electrons. The van der Waals surface area contributed by atoms with Crippen molar-refractivity contribution in [3.63, 3.8) is 0 Å². The van der Waals surface area contributed by atoms with E-state index in [4.69, 9.17) is 18.9 Å². The summed E-state index contributed by atoms with van der Waals surface area (Å²) in [6, 6.07) is -0.824. The molecule has 12 atom stereocenters. The molecule has 0 aromatic heterocycles. The molecule has 476 valence electrons. The summed E-state index contributed by atoms with van der Waals surface area (Å²) in [4.78, 5) is 13.3. The average Bonchev–Trinajstić information content (AvgIpc) is 3.46. The quantitative estimate of drug-likeness (QED) is 0.0259. The summed E-state index contributed by atoms with van der Waals surface area (Å²) < 4.78 is 22.9. The molecule has 0 aliphatic carbocycles. The van der Waals surface area contributed by atoms with Gasteiger partial charge in [0.25, 0.3) is 0 Å². The first-order valence-corrected chi connectivity index (χ1v) is 34.3. The van der Waals surface area contributed by atoms with Gasteiger partial charge in [-0.25, -0.2) is 0 Å². The minimum Gasteiger partial charge on any atom is -0.394 e. The Balaban J connectivity index is 1.68. The smallest absolute Gasteiger partial charge is 0.220 e. The Morgan fingerprint density at radius 2 is 0.713 bits per heavy atom. The predicted octanol–water partition coefficient (Wildman–Crippen LogP) is 13.2. The number of carbonyl (C=O) groups excluding carboxylic acids is 1. The minimum absolute atomic E-state index is 0.197. The van der Waals surface area contributed by atoms with Gasteiger partial charge in [-0.15, -0.1) is 0 Å². The van der Waals surface area contributed by atoms with Gasteiger partial charge in [0, 0.05) is 6.42 Å². The second-order valence-corrected chi connectivity index (χ2v) is 24.7. The topological polar surface area (TPSA) is 228 Å². The molecule has 14 nitrogen and oxygen atoms in total. The number of unbranched alkanes of at least 4 members (excludes halogenated alkanes) is 44. The van der Waals surface area contributed by atoms with E-state index in [2.05, 4.69) is 19.2 Å². The largest absolute Gasteiger partial charge is 0.394 e. The lowest BCUT2D eigenvalue weighted by Gasteiger charge is -2.46. The molecule has 2 heterocycles. The Kier molecular flexibility index (Phi) is 49.1. The van der Waals surface area contributed by atoms with Gasteiger partial charge in [-0.2, -0.15) is 0 Å². The number of nitrogens with one attached hydrogen (secondary N) is 1. The van der Waals surface area contributed by atoms with Crippen LogP contribution in [0.3, 0.4) is 0 Å². The lowest BCUT2D eigenvalue weighted by Crippen LogP contribution is -2.65. The number of carbonyl (C=O) groups is 1. The van der Waals surface area contributed by atoms with Crippen LogP contribution in [0, 0.1) is 0 Å². The van der Waals surface area contributed by atoms with Crippen molar-refractivity contribution in [2.24, 2.45) is 0 Å². The van der Waals surface area contributed by atoms with Gasteiger partial charge < -0.3 is 65.1 Å². The number of aliphatic hydroxyl groups is 8. The molecule has 2 aliphatic rings. The first-order chi connectivity index (χ1) is 39.1. The summed E-state index contributed by atoms with van der Waals surface area (Å²) in [5, 5.41) is 87.6. The molecule has 0 aromatic rings. The van der Waals surface area contributed by atoms with Gasteiger partial charge in [0.2, 0.25) is 5.91 Å². The van der Waals surface area contributed by atoms with Crippen LogP contribution < -0.4 is 5.32 Å². The van der Waals surface area contributed by atoms with Gasteiger partial charge in [-0.05, 0) is 12.8 Å². The normalized spacial score (nSPS) is 24.1. The summed E-state index contributed by atoms with van der Waals surface area (Å²) in [6.45, 7) is 2.93. The SMILES string of the molecule is CCCCCCCCCCCCCCCCCCCCCCCCCC(=O)NC(COC1OC(CO)C(OC2OC(CO)C(O)C(O)C2O)C(O)C1O)C(O)CCCCCCCCCCCCCCCCCCCCCCCCC. The van der Waals surface area contributed by atoms with E-state index in [1.54, 1.807) is 0 Å². The van der Waals surface area contributed by atoms with Crippen LogP contribution in [0.5, 0.6) is 0 Å². The van der Waals surface area contributed by atoms with E-state index in [0.29, 0.717) is 12.8 Å². The minimum atomic E-state index is -1.78. The number of rotatable bonds is 57. The summed E-state index contributed by atoms with van der Waals surface area (Å²) in [6.07, 6.45) is 44.0. The van der Waals surface area contributed by atoms with Gasteiger partial charge in [0.15, 0.2) is 12.6 Å². The Labute approximate surface area is 489 Å². The number of amides is 1. The molecule has 0 spiro atoms. The van der Waals surface area contributed by atoms with Gasteiger partial charge >= 0.3 is 0 Å². The van der Waals surface area contributed by atoms with E-state index >= 15 is 0 Å². The molecule has 0 saturated carbocycles. The van der Waals surface area contributed by atoms with Crippen molar-refractivity contribution in [3.05, 3.63) is 0 Å². The van der Waals surface area contributed by atoms with E-state index in [0.717, 1.165) is 51.4 Å². The molecule has 9 N–H and O–H groups in total. The van der Waals surface area contributed by atoms with Crippen molar-refractivity contribution in [2.75, 3.05) is 19.8 Å². The second kappa shape index (κ2) is 52.3. The van der Waals surface area contributed by atoms with Crippen molar-refractivity contribution in [1.82, 2.24) is 5.32 Å². The zero-order chi connectivity index (χ0) is 58.1. The number of ether oxygens (including phenoxy) is 4. The lowest BCUT2D eigenvalue weighted by molar-refractivity contribution is -0.359. The van der Waals surface area contributed by atoms with Crippen LogP contribution in [-0.4, -0.2) is 140 Å². The van der Waals surface area contributed by atoms with E-state index in [-0.39, 0.29) is 12.5 Å². The Hall–Kier alpha value is -1.01. The third-order valence-corrected chi connectivity index (χ3v) is 17.3. The van der Waals surface area contributed by atoms with Crippen LogP contribution in [0.2, 0.25) is 0 Å². The zero-order valence-electron chi connectivity index (χ0n) is 51.6. The highest BCUT2D eigenvalue weighted by molar-refractivity contribution is 5.76. The van der Waals surface area contributed by atoms with Crippen molar-refractivity contribution in [3.8, 4) is 0 Å². The summed E-state index contributed by atoms with van der Waals surface area (Å²) in [5.41, 5.74) is 0. The maximum atomic E-state index is 13.3. The van der Waals surface area contributed by atoms with Gasteiger partial charge in [-0.1, -0.05) is 303 Å². The molecule has 2 aliphatic heterocycles. The molecule has 0 aromatic carbocycles. The molecule has 2 rings (SSSR count). The molecule has 14 heteroatoms. The van der Waals surface area contributed by atoms with E-state index in [1.165, 1.54) is 244 Å². The van der Waals surface area contributed by atoms with E-state index in [9.17, 15) is 45.6 Å². The maximum absolute atomic E-state index is 13.3. The highest BCUT2D eigenvalue weighted by Gasteiger charge is 2.51. The van der Waals surface area contributed by atoms with Crippen LogP contribution in [0.25, 0.3) is 0 Å². The first kappa shape index (κ1) is 75.1. The van der Waals surface area contributed by atoms with Crippen LogP contribution in [-0.2, 0) is 23.7 Å². The molecule has 1 amide bonds. The summed E-state index contributed by atoms with van der Waals surface area (Å²) in [5.74, 6) is -0.197. The first-order valence-electron chi connectivity index (χ1n) is 34.3. The maximum Gasteiger partial charge on any atom is 0.220 e. The third-order valence-electron chi connectivity index (χ3n) is 17.3. The molecule has 2 saturated heterocycles. The van der Waals surface area contributed by atoms with Crippen LogP contribution in [0.1, 0.15) is 322 Å². The van der Waals surface area contributed by atoms with Gasteiger partial charge in [0.05, 0.1) is 32.0 Å². The Morgan fingerprint density at radius 3 is 1.06 bits per heavy atom.